The van der Waals surface area contributed by atoms with Crippen molar-refractivity contribution in [1.29, 1.82) is 0 Å². The van der Waals surface area contributed by atoms with Crippen LogP contribution in [0.25, 0.3) is 0 Å². The summed E-state index contributed by atoms with van der Waals surface area (Å²) in [5, 5.41) is 6.91. The summed E-state index contributed by atoms with van der Waals surface area (Å²) in [5.41, 5.74) is 0. The van der Waals surface area contributed by atoms with Gasteiger partial charge in [0.1, 0.15) is 6.04 Å². The van der Waals surface area contributed by atoms with Gasteiger partial charge in [-0.15, -0.1) is 0 Å². The van der Waals surface area contributed by atoms with Crippen LogP contribution in [-0.4, -0.2) is 62.2 Å². The molecule has 6 nitrogen and oxygen atoms in total. The Hall–Kier alpha value is -0.980. The van der Waals surface area contributed by atoms with Crippen LogP contribution in [0.5, 0.6) is 0 Å². The smallest absolute Gasteiger partial charge is 0.331 e. The summed E-state index contributed by atoms with van der Waals surface area (Å²) < 4.78 is 4.28. The van der Waals surface area contributed by atoms with Crippen molar-refractivity contribution in [2.45, 2.75) is 6.04 Å². The lowest BCUT2D eigenvalue weighted by Crippen LogP contribution is -2.57. The van der Waals surface area contributed by atoms with Crippen molar-refractivity contribution in [2.75, 3.05) is 33.7 Å². The van der Waals surface area contributed by atoms with Gasteiger partial charge in [0, 0.05) is 33.7 Å². The number of ether oxygens (including phenoxy) is 1. The summed E-state index contributed by atoms with van der Waals surface area (Å²) in [7, 11) is 3.82. The van der Waals surface area contributed by atoms with E-state index in [0.717, 1.165) is 6.54 Å². The number of nitrogens with one attached hydrogen (secondary N) is 1. The van der Waals surface area contributed by atoms with Crippen LogP contribution in [0.2, 0.25) is 0 Å². The van der Waals surface area contributed by atoms with Gasteiger partial charge in [-0.2, -0.15) is 0 Å². The first-order valence-electron chi connectivity index (χ1n) is 4.45. The lowest BCUT2D eigenvalue weighted by molar-refractivity contribution is -0.155. The van der Waals surface area contributed by atoms with Gasteiger partial charge in [0.15, 0.2) is 0 Å². The first-order valence-corrected chi connectivity index (χ1v) is 4.45. The molecule has 14 heavy (non-hydrogen) atoms. The second kappa shape index (κ2) is 5.04. The maximum atomic E-state index is 11.2. The SMILES string of the molecule is CN(C)N1CCNC(C(=O)OC=O)C1. The molecule has 0 aromatic rings. The number of hydrogen-bond acceptors (Lipinski definition) is 6. The van der Waals surface area contributed by atoms with Crippen LogP contribution in [0.4, 0.5) is 0 Å². The summed E-state index contributed by atoms with van der Waals surface area (Å²) in [6.07, 6.45) is 0. The molecule has 0 aliphatic carbocycles. The molecule has 80 valence electrons. The van der Waals surface area contributed by atoms with Crippen molar-refractivity contribution in [2.24, 2.45) is 0 Å². The fourth-order valence-corrected chi connectivity index (χ4v) is 1.39. The average molecular weight is 201 g/mol. The fourth-order valence-electron chi connectivity index (χ4n) is 1.39. The molecular formula is C8H15N3O3. The maximum absolute atomic E-state index is 11.2. The van der Waals surface area contributed by atoms with Crippen molar-refractivity contribution >= 4 is 12.4 Å². The molecule has 1 atom stereocenters. The van der Waals surface area contributed by atoms with E-state index in [0.29, 0.717) is 13.1 Å². The number of esters is 1. The highest BCUT2D eigenvalue weighted by Crippen LogP contribution is 2.01. The quantitative estimate of drug-likeness (QED) is 0.338. The van der Waals surface area contributed by atoms with Crippen LogP contribution in [0, 0.1) is 0 Å². The first kappa shape index (κ1) is 11.1. The molecule has 0 saturated carbocycles. The molecule has 1 fully saturated rings. The van der Waals surface area contributed by atoms with E-state index in [4.69, 9.17) is 0 Å². The predicted octanol–water partition coefficient (Wildman–Crippen LogP) is -1.56. The molecule has 1 heterocycles. The molecule has 1 aliphatic rings. The minimum absolute atomic E-state index is 0.165. The molecule has 0 bridgehead atoms. The van der Waals surface area contributed by atoms with E-state index in [1.165, 1.54) is 0 Å². The summed E-state index contributed by atoms with van der Waals surface area (Å²) >= 11 is 0. The minimum atomic E-state index is -0.522. The summed E-state index contributed by atoms with van der Waals surface area (Å²) in [6.45, 7) is 2.24. The van der Waals surface area contributed by atoms with Crippen molar-refractivity contribution < 1.29 is 14.3 Å². The van der Waals surface area contributed by atoms with Gasteiger partial charge in [-0.1, -0.05) is 0 Å². The lowest BCUT2D eigenvalue weighted by atomic mass is 10.2. The molecule has 0 spiro atoms. The molecule has 1 unspecified atom stereocenters. The highest BCUT2D eigenvalue weighted by atomic mass is 16.6. The number of rotatable bonds is 3. The molecule has 1 N–H and O–H groups in total. The Labute approximate surface area is 82.8 Å². The van der Waals surface area contributed by atoms with Crippen LogP contribution in [0.3, 0.4) is 0 Å². The standard InChI is InChI=1S/C8H15N3O3/c1-10(2)11-4-3-9-7(5-11)8(13)14-6-12/h6-7,9H,3-5H2,1-2H3. The van der Waals surface area contributed by atoms with Crippen molar-refractivity contribution in [3.63, 3.8) is 0 Å². The van der Waals surface area contributed by atoms with Crippen molar-refractivity contribution in [3.8, 4) is 0 Å². The van der Waals surface area contributed by atoms with Crippen LogP contribution in [-0.2, 0) is 14.3 Å². The molecule has 6 heteroatoms. The van der Waals surface area contributed by atoms with Crippen LogP contribution < -0.4 is 5.32 Å². The van der Waals surface area contributed by atoms with Gasteiger partial charge in [-0.05, 0) is 0 Å². The van der Waals surface area contributed by atoms with E-state index in [2.05, 4.69) is 10.1 Å². The second-order valence-corrected chi connectivity index (χ2v) is 3.30. The third kappa shape index (κ3) is 2.76. The van der Waals surface area contributed by atoms with E-state index in [9.17, 15) is 9.59 Å². The third-order valence-electron chi connectivity index (χ3n) is 2.17. The van der Waals surface area contributed by atoms with Gasteiger partial charge in [0.05, 0.1) is 0 Å². The third-order valence-corrected chi connectivity index (χ3v) is 2.17. The fraction of sp³-hybridized carbons (Fsp3) is 0.750. The normalized spacial score (nSPS) is 23.5. The van der Waals surface area contributed by atoms with Gasteiger partial charge in [0.25, 0.3) is 0 Å². The van der Waals surface area contributed by atoms with E-state index in [1.54, 1.807) is 0 Å². The first-order chi connectivity index (χ1) is 6.65. The number of nitrogens with zero attached hydrogens (tertiary/aromatic N) is 2. The Morgan fingerprint density at radius 3 is 2.93 bits per heavy atom. The van der Waals surface area contributed by atoms with E-state index in [-0.39, 0.29) is 6.47 Å². The Balaban J connectivity index is 2.47. The topological polar surface area (TPSA) is 61.9 Å². The zero-order valence-electron chi connectivity index (χ0n) is 8.40. The zero-order chi connectivity index (χ0) is 10.6. The van der Waals surface area contributed by atoms with Crippen LogP contribution in [0.1, 0.15) is 0 Å². The molecule has 1 rings (SSSR count). The number of piperazine rings is 1. The molecule has 0 aromatic heterocycles. The average Bonchev–Trinajstić information content (AvgIpc) is 2.18. The summed E-state index contributed by atoms with van der Waals surface area (Å²) in [4.78, 5) is 21.2. The van der Waals surface area contributed by atoms with Gasteiger partial charge < -0.3 is 10.1 Å². The van der Waals surface area contributed by atoms with E-state index in [1.807, 2.05) is 24.1 Å². The Bertz CT molecular complexity index is 220. The Kier molecular flexibility index (Phi) is 3.99. The van der Waals surface area contributed by atoms with E-state index >= 15 is 0 Å². The highest BCUT2D eigenvalue weighted by molar-refractivity contribution is 5.81. The molecule has 0 amide bonds. The van der Waals surface area contributed by atoms with Gasteiger partial charge in [-0.3, -0.25) is 4.79 Å². The number of carbonyl (C=O) groups is 2. The largest absolute Gasteiger partial charge is 0.394 e. The number of carbonyl (C=O) groups excluding carboxylic acids is 2. The molecule has 1 aliphatic heterocycles. The second-order valence-electron chi connectivity index (χ2n) is 3.30. The monoisotopic (exact) mass is 201 g/mol. The van der Waals surface area contributed by atoms with Crippen molar-refractivity contribution in [1.82, 2.24) is 15.3 Å². The molecule has 1 saturated heterocycles. The predicted molar refractivity (Wildman–Crippen MR) is 49.2 cm³/mol. The van der Waals surface area contributed by atoms with Gasteiger partial charge in [-0.25, -0.2) is 14.8 Å². The van der Waals surface area contributed by atoms with Gasteiger partial charge >= 0.3 is 12.4 Å². The van der Waals surface area contributed by atoms with Crippen LogP contribution >= 0.6 is 0 Å². The maximum Gasteiger partial charge on any atom is 0.331 e. The Morgan fingerprint density at radius 1 is 1.64 bits per heavy atom. The molecular weight excluding hydrogens is 186 g/mol. The number of hydrazine groups is 1. The summed E-state index contributed by atoms with van der Waals surface area (Å²) in [6, 6.07) is -0.420. The van der Waals surface area contributed by atoms with E-state index < -0.39 is 12.0 Å². The zero-order valence-corrected chi connectivity index (χ0v) is 8.40. The minimum Gasteiger partial charge on any atom is -0.394 e. The lowest BCUT2D eigenvalue weighted by Gasteiger charge is -2.35. The molecule has 0 radical (unpaired) electrons. The Morgan fingerprint density at radius 2 is 2.36 bits per heavy atom. The highest BCUT2D eigenvalue weighted by Gasteiger charge is 2.27. The van der Waals surface area contributed by atoms with Crippen molar-refractivity contribution in [3.05, 3.63) is 0 Å². The molecule has 0 aromatic carbocycles. The number of hydrogen-bond donors (Lipinski definition) is 1. The van der Waals surface area contributed by atoms with Crippen LogP contribution in [0.15, 0.2) is 0 Å². The summed E-state index contributed by atoms with van der Waals surface area (Å²) in [5.74, 6) is -0.522. The van der Waals surface area contributed by atoms with Gasteiger partial charge in [0.2, 0.25) is 0 Å².